The van der Waals surface area contributed by atoms with E-state index in [1.54, 1.807) is 26.2 Å². The summed E-state index contributed by atoms with van der Waals surface area (Å²) in [7, 11) is 0. The van der Waals surface area contributed by atoms with Crippen LogP contribution in [-0.4, -0.2) is 40.4 Å². The molecule has 24 heavy (non-hydrogen) atoms. The lowest BCUT2D eigenvalue weighted by Crippen LogP contribution is -2.45. The number of amides is 2. The van der Waals surface area contributed by atoms with Crippen LogP contribution in [0.25, 0.3) is 11.5 Å². The van der Waals surface area contributed by atoms with E-state index in [1.165, 1.54) is 0 Å². The maximum atomic E-state index is 11.9. The van der Waals surface area contributed by atoms with Crippen molar-refractivity contribution in [1.82, 2.24) is 20.8 Å². The van der Waals surface area contributed by atoms with Crippen LogP contribution in [0.1, 0.15) is 26.0 Å². The van der Waals surface area contributed by atoms with Crippen LogP contribution in [0.2, 0.25) is 0 Å². The maximum Gasteiger partial charge on any atom is 0.277 e. The minimum atomic E-state index is -0.587. The van der Waals surface area contributed by atoms with Gasteiger partial charge in [-0.15, -0.1) is 10.2 Å². The lowest BCUT2D eigenvalue weighted by molar-refractivity contribution is -0.127. The standard InChI is InChI=1S/C15H20N4O4S/c1-4-6-16-13(21)9(2)17-12(20)8-24-15-19-18-14(23-15)11-5-7-22-10(11)3/h5,7,9H,4,6,8H2,1-3H3,(H,16,21)(H,17,20)/t9-/m1/s1. The van der Waals surface area contributed by atoms with E-state index in [9.17, 15) is 9.59 Å². The summed E-state index contributed by atoms with van der Waals surface area (Å²) in [6.45, 7) is 5.99. The molecule has 0 fully saturated rings. The molecule has 2 rings (SSSR count). The molecule has 0 aromatic carbocycles. The fourth-order valence-corrected chi connectivity index (χ4v) is 2.44. The van der Waals surface area contributed by atoms with Gasteiger partial charge in [0.1, 0.15) is 11.8 Å². The van der Waals surface area contributed by atoms with E-state index in [-0.39, 0.29) is 22.8 Å². The van der Waals surface area contributed by atoms with Crippen LogP contribution in [0.4, 0.5) is 0 Å². The number of aromatic nitrogens is 2. The fraction of sp³-hybridized carbons (Fsp3) is 0.467. The monoisotopic (exact) mass is 352 g/mol. The predicted molar refractivity (Wildman–Crippen MR) is 88.4 cm³/mol. The first-order valence-corrected chi connectivity index (χ1v) is 8.57. The number of carbonyl (C=O) groups is 2. The van der Waals surface area contributed by atoms with Gasteiger partial charge in [-0.3, -0.25) is 9.59 Å². The molecule has 0 aliphatic heterocycles. The highest BCUT2D eigenvalue weighted by molar-refractivity contribution is 7.99. The molecule has 2 heterocycles. The number of aryl methyl sites for hydroxylation is 1. The van der Waals surface area contributed by atoms with Gasteiger partial charge >= 0.3 is 0 Å². The van der Waals surface area contributed by atoms with Gasteiger partial charge in [0, 0.05) is 6.54 Å². The highest BCUT2D eigenvalue weighted by Crippen LogP contribution is 2.26. The highest BCUT2D eigenvalue weighted by atomic mass is 32.2. The molecule has 0 aliphatic rings. The van der Waals surface area contributed by atoms with E-state index < -0.39 is 6.04 Å². The third-order valence-corrected chi connectivity index (χ3v) is 3.96. The summed E-state index contributed by atoms with van der Waals surface area (Å²) in [4.78, 5) is 23.6. The first-order chi connectivity index (χ1) is 11.5. The second kappa shape index (κ2) is 8.53. The molecule has 0 spiro atoms. The highest BCUT2D eigenvalue weighted by Gasteiger charge is 2.17. The lowest BCUT2D eigenvalue weighted by Gasteiger charge is -2.13. The largest absolute Gasteiger partial charge is 0.469 e. The van der Waals surface area contributed by atoms with Crippen molar-refractivity contribution in [3.63, 3.8) is 0 Å². The van der Waals surface area contributed by atoms with Gasteiger partial charge in [0.25, 0.3) is 11.1 Å². The van der Waals surface area contributed by atoms with Gasteiger partial charge in [0.2, 0.25) is 11.8 Å². The smallest absolute Gasteiger partial charge is 0.277 e. The molecule has 130 valence electrons. The molecular weight excluding hydrogens is 332 g/mol. The summed E-state index contributed by atoms with van der Waals surface area (Å²) in [5.74, 6) is 0.623. The molecule has 0 aliphatic carbocycles. The Hall–Kier alpha value is -2.29. The average Bonchev–Trinajstić information content (AvgIpc) is 3.18. The van der Waals surface area contributed by atoms with Crippen LogP contribution < -0.4 is 10.6 Å². The third kappa shape index (κ3) is 4.85. The van der Waals surface area contributed by atoms with E-state index in [4.69, 9.17) is 8.83 Å². The van der Waals surface area contributed by atoms with Crippen LogP contribution >= 0.6 is 11.8 Å². The Balaban J connectivity index is 1.81. The van der Waals surface area contributed by atoms with Crippen molar-refractivity contribution in [2.75, 3.05) is 12.3 Å². The quantitative estimate of drug-likeness (QED) is 0.696. The van der Waals surface area contributed by atoms with Gasteiger partial charge in [-0.2, -0.15) is 0 Å². The summed E-state index contributed by atoms with van der Waals surface area (Å²) < 4.78 is 10.7. The summed E-state index contributed by atoms with van der Waals surface area (Å²) in [6.07, 6.45) is 2.39. The van der Waals surface area contributed by atoms with Gasteiger partial charge in [0.15, 0.2) is 0 Å². The first-order valence-electron chi connectivity index (χ1n) is 7.59. The number of hydrogen-bond acceptors (Lipinski definition) is 7. The number of furan rings is 1. The van der Waals surface area contributed by atoms with Crippen molar-refractivity contribution in [1.29, 1.82) is 0 Å². The van der Waals surface area contributed by atoms with Crippen molar-refractivity contribution >= 4 is 23.6 Å². The Labute approximate surface area is 143 Å². The zero-order chi connectivity index (χ0) is 17.5. The molecule has 0 bridgehead atoms. The number of nitrogens with one attached hydrogen (secondary N) is 2. The van der Waals surface area contributed by atoms with Crippen LogP contribution in [0.5, 0.6) is 0 Å². The zero-order valence-electron chi connectivity index (χ0n) is 13.8. The van der Waals surface area contributed by atoms with Crippen LogP contribution in [-0.2, 0) is 9.59 Å². The molecule has 1 atom stereocenters. The molecule has 8 nitrogen and oxygen atoms in total. The summed E-state index contributed by atoms with van der Waals surface area (Å²) in [5.41, 5.74) is 0.722. The van der Waals surface area contributed by atoms with Crippen LogP contribution in [0, 0.1) is 6.92 Å². The van der Waals surface area contributed by atoms with E-state index in [1.807, 2.05) is 6.92 Å². The average molecular weight is 352 g/mol. The SMILES string of the molecule is CCCNC(=O)[C@@H](C)NC(=O)CSc1nnc(-c2ccoc2C)o1. The summed E-state index contributed by atoms with van der Waals surface area (Å²) >= 11 is 1.11. The lowest BCUT2D eigenvalue weighted by atomic mass is 10.3. The summed E-state index contributed by atoms with van der Waals surface area (Å²) in [5, 5.41) is 13.4. The van der Waals surface area contributed by atoms with Gasteiger partial charge in [-0.05, 0) is 26.3 Å². The zero-order valence-corrected chi connectivity index (χ0v) is 14.6. The third-order valence-electron chi connectivity index (χ3n) is 3.14. The second-order valence-corrected chi connectivity index (χ2v) is 6.06. The topological polar surface area (TPSA) is 110 Å². The number of hydrogen-bond donors (Lipinski definition) is 2. The minimum absolute atomic E-state index is 0.0808. The van der Waals surface area contributed by atoms with Crippen molar-refractivity contribution in [3.8, 4) is 11.5 Å². The Bertz CT molecular complexity index is 697. The Morgan fingerprint density at radius 3 is 2.83 bits per heavy atom. The van der Waals surface area contributed by atoms with E-state index in [2.05, 4.69) is 20.8 Å². The normalized spacial score (nSPS) is 12.0. The van der Waals surface area contributed by atoms with Gasteiger partial charge in [0.05, 0.1) is 17.6 Å². The van der Waals surface area contributed by atoms with Crippen molar-refractivity contribution in [2.45, 2.75) is 38.5 Å². The molecule has 0 saturated carbocycles. The molecule has 9 heteroatoms. The van der Waals surface area contributed by atoms with Gasteiger partial charge in [-0.25, -0.2) is 0 Å². The van der Waals surface area contributed by atoms with Crippen molar-refractivity contribution in [2.24, 2.45) is 0 Å². The number of rotatable bonds is 8. The molecule has 2 aromatic heterocycles. The van der Waals surface area contributed by atoms with Gasteiger partial charge < -0.3 is 19.5 Å². The van der Waals surface area contributed by atoms with Crippen molar-refractivity contribution in [3.05, 3.63) is 18.1 Å². The van der Waals surface area contributed by atoms with E-state index >= 15 is 0 Å². The molecule has 2 aromatic rings. The Morgan fingerprint density at radius 2 is 2.17 bits per heavy atom. The molecule has 0 saturated heterocycles. The van der Waals surface area contributed by atoms with Gasteiger partial charge in [-0.1, -0.05) is 18.7 Å². The predicted octanol–water partition coefficient (Wildman–Crippen LogP) is 1.76. The summed E-state index contributed by atoms with van der Waals surface area (Å²) in [6, 6.07) is 1.15. The second-order valence-electron chi connectivity index (χ2n) is 5.13. The van der Waals surface area contributed by atoms with E-state index in [0.717, 1.165) is 23.7 Å². The number of carbonyl (C=O) groups excluding carboxylic acids is 2. The number of nitrogens with zero attached hydrogens (tertiary/aromatic N) is 2. The molecular formula is C15H20N4O4S. The Morgan fingerprint density at radius 1 is 1.38 bits per heavy atom. The molecule has 2 amide bonds. The van der Waals surface area contributed by atoms with Crippen LogP contribution in [0.15, 0.2) is 26.4 Å². The van der Waals surface area contributed by atoms with E-state index in [0.29, 0.717) is 18.2 Å². The van der Waals surface area contributed by atoms with Crippen LogP contribution in [0.3, 0.4) is 0 Å². The molecule has 0 radical (unpaired) electrons. The Kier molecular flexibility index (Phi) is 6.42. The first kappa shape index (κ1) is 18.1. The van der Waals surface area contributed by atoms with Crippen molar-refractivity contribution < 1.29 is 18.4 Å². The molecule has 2 N–H and O–H groups in total. The number of thioether (sulfide) groups is 1. The minimum Gasteiger partial charge on any atom is -0.469 e. The maximum absolute atomic E-state index is 11.9. The fourth-order valence-electron chi connectivity index (χ4n) is 1.86. The molecule has 0 unspecified atom stereocenters.